The van der Waals surface area contributed by atoms with Gasteiger partial charge in [-0.1, -0.05) is 6.07 Å². The molecule has 0 radical (unpaired) electrons. The molecular weight excluding hydrogens is 409 g/mol. The first-order valence-electron chi connectivity index (χ1n) is 9.86. The van der Waals surface area contributed by atoms with Crippen LogP contribution in [0, 0.1) is 19.8 Å². The molecule has 1 aliphatic rings. The molecule has 1 saturated carbocycles. The fraction of sp³-hybridized carbons (Fsp3) is 0.364. The molecule has 0 spiro atoms. The van der Waals surface area contributed by atoms with Crippen LogP contribution in [0.5, 0.6) is 5.88 Å². The van der Waals surface area contributed by atoms with Crippen molar-refractivity contribution in [3.05, 3.63) is 70.3 Å². The average Bonchev–Trinajstić information content (AvgIpc) is 3.47. The lowest BCUT2D eigenvalue weighted by atomic mass is 10.1. The summed E-state index contributed by atoms with van der Waals surface area (Å²) < 4.78 is 44.4. The van der Waals surface area contributed by atoms with Gasteiger partial charge in [-0.15, -0.1) is 0 Å². The molecule has 0 aromatic carbocycles. The van der Waals surface area contributed by atoms with E-state index in [1.807, 2.05) is 25.3 Å². The predicted molar refractivity (Wildman–Crippen MR) is 108 cm³/mol. The Morgan fingerprint density at radius 1 is 1.16 bits per heavy atom. The lowest BCUT2D eigenvalue weighted by Gasteiger charge is -2.13. The minimum atomic E-state index is -4.47. The molecule has 4 rings (SSSR count). The van der Waals surface area contributed by atoms with Crippen molar-refractivity contribution in [3.63, 3.8) is 0 Å². The zero-order valence-corrected chi connectivity index (χ0v) is 17.1. The van der Waals surface area contributed by atoms with Gasteiger partial charge in [0, 0.05) is 42.2 Å². The third kappa shape index (κ3) is 5.10. The fourth-order valence-corrected chi connectivity index (χ4v) is 3.43. The Morgan fingerprint density at radius 2 is 1.97 bits per heavy atom. The van der Waals surface area contributed by atoms with E-state index in [1.165, 1.54) is 12.3 Å². The second-order valence-corrected chi connectivity index (χ2v) is 7.81. The summed E-state index contributed by atoms with van der Waals surface area (Å²) >= 11 is 0. The van der Waals surface area contributed by atoms with Crippen molar-refractivity contribution >= 4 is 0 Å². The summed E-state index contributed by atoms with van der Waals surface area (Å²) in [4.78, 5) is 25.1. The zero-order chi connectivity index (χ0) is 22.2. The number of hydrogen-bond donors (Lipinski definition) is 0. The third-order valence-corrected chi connectivity index (χ3v) is 5.20. The molecule has 3 aromatic heterocycles. The van der Waals surface area contributed by atoms with Crippen molar-refractivity contribution in [2.75, 3.05) is 6.61 Å². The Balaban J connectivity index is 1.50. The number of alkyl halides is 3. The highest BCUT2D eigenvalue weighted by Gasteiger charge is 2.40. The Morgan fingerprint density at radius 3 is 2.65 bits per heavy atom. The molecule has 2 atom stereocenters. The van der Waals surface area contributed by atoms with Crippen LogP contribution in [-0.2, 0) is 6.54 Å². The summed E-state index contributed by atoms with van der Waals surface area (Å²) in [6, 6.07) is 6.63. The molecule has 0 bridgehead atoms. The topological polar surface area (TPSA) is 69.9 Å². The molecule has 0 saturated heterocycles. The maximum atomic E-state index is 12.6. The highest BCUT2D eigenvalue weighted by atomic mass is 19.4. The van der Waals surface area contributed by atoms with Gasteiger partial charge in [0.25, 0.3) is 5.56 Å². The number of nitrogens with zero attached hydrogens (tertiary/aromatic N) is 4. The number of aryl methyl sites for hydroxylation is 2. The van der Waals surface area contributed by atoms with Crippen LogP contribution >= 0.6 is 0 Å². The molecule has 9 heteroatoms. The normalized spacial score (nSPS) is 18.1. The van der Waals surface area contributed by atoms with Crippen LogP contribution in [0.1, 0.15) is 29.4 Å². The number of hydrogen-bond acceptors (Lipinski definition) is 5. The average molecular weight is 430 g/mol. The van der Waals surface area contributed by atoms with Crippen LogP contribution in [-0.4, -0.2) is 32.3 Å². The van der Waals surface area contributed by atoms with Crippen molar-refractivity contribution in [3.8, 4) is 17.0 Å². The maximum absolute atomic E-state index is 12.6. The molecule has 0 aliphatic heterocycles. The molecule has 162 valence electrons. The van der Waals surface area contributed by atoms with Gasteiger partial charge in [0.15, 0.2) is 0 Å². The van der Waals surface area contributed by atoms with Crippen molar-refractivity contribution in [2.24, 2.45) is 5.92 Å². The van der Waals surface area contributed by atoms with Gasteiger partial charge in [-0.25, -0.2) is 4.98 Å². The van der Waals surface area contributed by atoms with Crippen LogP contribution in [0.2, 0.25) is 0 Å². The summed E-state index contributed by atoms with van der Waals surface area (Å²) in [6.07, 6.45) is 0.974. The number of halogens is 3. The first-order valence-corrected chi connectivity index (χ1v) is 9.86. The minimum absolute atomic E-state index is 0.304. The van der Waals surface area contributed by atoms with E-state index >= 15 is 0 Å². The van der Waals surface area contributed by atoms with Crippen molar-refractivity contribution in [2.45, 2.75) is 38.9 Å². The molecule has 3 heterocycles. The van der Waals surface area contributed by atoms with Gasteiger partial charge in [-0.3, -0.25) is 9.78 Å². The molecular formula is C22H21F3N4O2. The van der Waals surface area contributed by atoms with Crippen LogP contribution < -0.4 is 10.3 Å². The van der Waals surface area contributed by atoms with Crippen molar-refractivity contribution < 1.29 is 17.9 Å². The minimum Gasteiger partial charge on any atom is -0.477 e. The van der Waals surface area contributed by atoms with Gasteiger partial charge >= 0.3 is 6.18 Å². The van der Waals surface area contributed by atoms with E-state index in [-0.39, 0.29) is 0 Å². The molecule has 1 aliphatic carbocycles. The summed E-state index contributed by atoms with van der Waals surface area (Å²) in [6.45, 7) is 2.80. The fourth-order valence-electron chi connectivity index (χ4n) is 3.43. The highest BCUT2D eigenvalue weighted by Crippen LogP contribution is 2.47. The van der Waals surface area contributed by atoms with Gasteiger partial charge in [-0.2, -0.15) is 18.2 Å². The number of rotatable bonds is 6. The molecule has 3 aromatic rings. The van der Waals surface area contributed by atoms with Crippen LogP contribution in [0.3, 0.4) is 0 Å². The smallest absolute Gasteiger partial charge is 0.406 e. The van der Waals surface area contributed by atoms with Crippen LogP contribution in [0.25, 0.3) is 11.1 Å². The first kappa shape index (κ1) is 21.0. The van der Waals surface area contributed by atoms with Gasteiger partial charge in [0.2, 0.25) is 5.88 Å². The van der Waals surface area contributed by atoms with Crippen LogP contribution in [0.4, 0.5) is 13.2 Å². The Hall–Kier alpha value is -3.23. The van der Waals surface area contributed by atoms with E-state index in [1.54, 1.807) is 6.92 Å². The lowest BCUT2D eigenvalue weighted by Crippen LogP contribution is -2.27. The van der Waals surface area contributed by atoms with Gasteiger partial charge in [-0.05, 0) is 43.5 Å². The van der Waals surface area contributed by atoms with Crippen molar-refractivity contribution in [1.82, 2.24) is 19.5 Å². The van der Waals surface area contributed by atoms with Gasteiger partial charge < -0.3 is 9.30 Å². The maximum Gasteiger partial charge on any atom is 0.406 e. The van der Waals surface area contributed by atoms with E-state index in [9.17, 15) is 18.0 Å². The Kier molecular flexibility index (Phi) is 5.51. The number of pyridine rings is 2. The van der Waals surface area contributed by atoms with E-state index in [0.29, 0.717) is 45.8 Å². The molecule has 0 N–H and O–H groups in total. The van der Waals surface area contributed by atoms with Gasteiger partial charge in [0.1, 0.15) is 12.4 Å². The molecule has 1 fully saturated rings. The molecule has 31 heavy (non-hydrogen) atoms. The second kappa shape index (κ2) is 8.13. The zero-order valence-electron chi connectivity index (χ0n) is 17.1. The molecule has 0 unspecified atom stereocenters. The molecule has 0 amide bonds. The Bertz CT molecular complexity index is 1140. The monoisotopic (exact) mass is 430 g/mol. The predicted octanol–water partition coefficient (Wildman–Crippen LogP) is 4.06. The summed E-state index contributed by atoms with van der Waals surface area (Å²) in [7, 11) is 0. The first-order chi connectivity index (χ1) is 14.7. The van der Waals surface area contributed by atoms with E-state index in [4.69, 9.17) is 4.74 Å². The Labute approximate surface area is 176 Å². The van der Waals surface area contributed by atoms with Crippen molar-refractivity contribution in [1.29, 1.82) is 0 Å². The summed E-state index contributed by atoms with van der Waals surface area (Å²) in [5.41, 5.74) is 2.26. The van der Waals surface area contributed by atoms with Crippen LogP contribution in [0.15, 0.2) is 47.7 Å². The largest absolute Gasteiger partial charge is 0.477 e. The van der Waals surface area contributed by atoms with E-state index < -0.39 is 18.3 Å². The van der Waals surface area contributed by atoms with E-state index in [0.717, 1.165) is 29.9 Å². The quantitative estimate of drug-likeness (QED) is 0.590. The summed E-state index contributed by atoms with van der Waals surface area (Å²) in [5, 5.41) is 0. The third-order valence-electron chi connectivity index (χ3n) is 5.20. The second-order valence-electron chi connectivity index (χ2n) is 7.81. The lowest BCUT2D eigenvalue weighted by molar-refractivity contribution is -0.141. The highest BCUT2D eigenvalue weighted by molar-refractivity contribution is 5.67. The van der Waals surface area contributed by atoms with E-state index in [2.05, 4.69) is 15.0 Å². The summed E-state index contributed by atoms with van der Waals surface area (Å²) in [5.74, 6) is 1.44. The number of ether oxygens (including phenoxy) is 1. The molecule has 6 nitrogen and oxygen atoms in total. The SMILES string of the molecule is Cc1ccc([C@H]2C[C@@H]2COc2nc(C)ncc2-c2ccn(CC(F)(F)F)c(=O)c2)nc1. The standard InChI is InChI=1S/C22H21F3N4O2/c1-13-3-4-19(27-9-13)17-7-16(17)11-31-21-18(10-26-14(2)28-21)15-5-6-29(20(30)8-15)12-22(23,24)25/h3-6,8-10,16-17H,7,11-12H2,1-2H3/t16-,17+/m1/s1. The number of aromatic nitrogens is 4. The van der Waals surface area contributed by atoms with Gasteiger partial charge in [0.05, 0.1) is 12.2 Å².